The minimum Gasteiger partial charge on any atom is -0.381 e. The Hall–Kier alpha value is -0.670. The summed E-state index contributed by atoms with van der Waals surface area (Å²) in [5.74, 6) is 0.595. The van der Waals surface area contributed by atoms with E-state index >= 15 is 0 Å². The van der Waals surface area contributed by atoms with Gasteiger partial charge in [-0.1, -0.05) is 11.6 Å². The van der Waals surface area contributed by atoms with Crippen LogP contribution in [0.4, 0.5) is 0 Å². The summed E-state index contributed by atoms with van der Waals surface area (Å²) in [6.45, 7) is 3.09. The van der Waals surface area contributed by atoms with Crippen molar-refractivity contribution in [2.75, 3.05) is 39.4 Å². The van der Waals surface area contributed by atoms with Crippen molar-refractivity contribution in [3.63, 3.8) is 0 Å². The van der Waals surface area contributed by atoms with Gasteiger partial charge >= 0.3 is 0 Å². The van der Waals surface area contributed by atoms with E-state index in [-0.39, 0.29) is 10.1 Å². The highest BCUT2D eigenvalue weighted by molar-refractivity contribution is 7.91. The number of ether oxygens (including phenoxy) is 1. The topological polar surface area (TPSA) is 66.9 Å². The molecule has 134 valence electrons. The van der Waals surface area contributed by atoms with E-state index in [1.165, 1.54) is 10.4 Å². The maximum absolute atomic E-state index is 12.5. The Morgan fingerprint density at radius 3 is 2.62 bits per heavy atom. The summed E-state index contributed by atoms with van der Waals surface area (Å²) in [7, 11) is -3.50. The lowest BCUT2D eigenvalue weighted by Gasteiger charge is -2.34. The second-order valence-electron chi connectivity index (χ2n) is 6.11. The molecule has 3 heterocycles. The Labute approximate surface area is 151 Å². The molecule has 2 aliphatic rings. The molecule has 3 rings (SSSR count). The maximum Gasteiger partial charge on any atom is 0.252 e. The normalized spacial score (nSPS) is 22.9. The predicted molar refractivity (Wildman–Crippen MR) is 92.8 cm³/mol. The first kappa shape index (κ1) is 18.1. The number of hydrogen-bond acceptors (Lipinski definition) is 5. The van der Waals surface area contributed by atoms with Gasteiger partial charge in [-0.25, -0.2) is 8.42 Å². The fourth-order valence-corrected chi connectivity index (χ4v) is 6.10. The lowest BCUT2D eigenvalue weighted by molar-refractivity contribution is -0.132. The molecule has 2 saturated heterocycles. The largest absolute Gasteiger partial charge is 0.381 e. The first-order valence-corrected chi connectivity index (χ1v) is 10.7. The van der Waals surface area contributed by atoms with Gasteiger partial charge in [0.25, 0.3) is 10.0 Å². The Balaban J connectivity index is 1.50. The Kier molecular flexibility index (Phi) is 5.82. The summed E-state index contributed by atoms with van der Waals surface area (Å²) in [6.07, 6.45) is 2.40. The molecule has 0 aliphatic carbocycles. The number of carbonyl (C=O) groups excluding carboxylic acids is 1. The summed E-state index contributed by atoms with van der Waals surface area (Å²) in [5.41, 5.74) is 0. The molecule has 6 nitrogen and oxygen atoms in total. The van der Waals surface area contributed by atoms with Gasteiger partial charge in [-0.15, -0.1) is 11.3 Å². The van der Waals surface area contributed by atoms with E-state index in [1.54, 1.807) is 11.0 Å². The Morgan fingerprint density at radius 1 is 1.29 bits per heavy atom. The number of sulfonamides is 1. The molecule has 0 bridgehead atoms. The number of amides is 1. The van der Waals surface area contributed by atoms with E-state index in [0.29, 0.717) is 42.9 Å². The smallest absolute Gasteiger partial charge is 0.252 e. The van der Waals surface area contributed by atoms with Crippen LogP contribution >= 0.6 is 22.9 Å². The fourth-order valence-electron chi connectivity index (χ4n) is 3.04. The SMILES string of the molecule is O=C(CCC1CCOC1)N1CCN(S(=O)(=O)c2ccc(Cl)s2)CC1. The zero-order valence-corrected chi connectivity index (χ0v) is 15.7. The van der Waals surface area contributed by atoms with Crippen molar-refractivity contribution in [1.29, 1.82) is 0 Å². The van der Waals surface area contributed by atoms with Crippen LogP contribution in [0, 0.1) is 5.92 Å². The number of rotatable bonds is 5. The van der Waals surface area contributed by atoms with Crippen LogP contribution < -0.4 is 0 Å². The molecule has 0 saturated carbocycles. The van der Waals surface area contributed by atoms with Gasteiger partial charge in [-0.2, -0.15) is 4.31 Å². The number of carbonyl (C=O) groups is 1. The van der Waals surface area contributed by atoms with Gasteiger partial charge in [0.15, 0.2) is 0 Å². The van der Waals surface area contributed by atoms with Crippen LogP contribution in [0.15, 0.2) is 16.3 Å². The minimum atomic E-state index is -3.50. The molecule has 0 aromatic carbocycles. The van der Waals surface area contributed by atoms with E-state index in [2.05, 4.69) is 0 Å². The molecule has 9 heteroatoms. The number of hydrogen-bond donors (Lipinski definition) is 0. The van der Waals surface area contributed by atoms with Gasteiger partial charge in [-0.3, -0.25) is 4.79 Å². The summed E-state index contributed by atoms with van der Waals surface area (Å²) in [5, 5.41) is 0. The third-order valence-corrected chi connectivity index (χ3v) is 8.12. The van der Waals surface area contributed by atoms with E-state index in [1.807, 2.05) is 0 Å². The van der Waals surface area contributed by atoms with E-state index in [9.17, 15) is 13.2 Å². The van der Waals surface area contributed by atoms with Crippen LogP contribution in [-0.4, -0.2) is 62.9 Å². The number of nitrogens with zero attached hydrogens (tertiary/aromatic N) is 2. The average Bonchev–Trinajstić information content (AvgIpc) is 3.24. The maximum atomic E-state index is 12.5. The molecule has 2 fully saturated rings. The second kappa shape index (κ2) is 7.70. The average molecular weight is 393 g/mol. The molecule has 0 spiro atoms. The van der Waals surface area contributed by atoms with E-state index < -0.39 is 10.0 Å². The lowest BCUT2D eigenvalue weighted by Crippen LogP contribution is -2.50. The van der Waals surface area contributed by atoms with Crippen molar-refractivity contribution >= 4 is 38.9 Å². The third-order valence-electron chi connectivity index (χ3n) is 4.52. The van der Waals surface area contributed by atoms with Gasteiger partial charge in [0.2, 0.25) is 5.91 Å². The van der Waals surface area contributed by atoms with Gasteiger partial charge in [-0.05, 0) is 30.9 Å². The fraction of sp³-hybridized carbons (Fsp3) is 0.667. The quantitative estimate of drug-likeness (QED) is 0.769. The Bertz CT molecular complexity index is 677. The van der Waals surface area contributed by atoms with Crippen LogP contribution in [0.1, 0.15) is 19.3 Å². The highest BCUT2D eigenvalue weighted by Crippen LogP contribution is 2.28. The molecule has 0 radical (unpaired) electrons. The number of halogens is 1. The molecular weight excluding hydrogens is 372 g/mol. The molecule has 0 N–H and O–H groups in total. The molecular formula is C15H21ClN2O4S2. The number of thiophene rings is 1. The molecule has 1 amide bonds. The highest BCUT2D eigenvalue weighted by Gasteiger charge is 2.31. The monoisotopic (exact) mass is 392 g/mol. The van der Waals surface area contributed by atoms with Gasteiger partial charge < -0.3 is 9.64 Å². The van der Waals surface area contributed by atoms with E-state index in [4.69, 9.17) is 16.3 Å². The second-order valence-corrected chi connectivity index (χ2v) is 9.99. The summed E-state index contributed by atoms with van der Waals surface area (Å²) in [4.78, 5) is 14.1. The number of piperazine rings is 1. The van der Waals surface area contributed by atoms with Crippen molar-refractivity contribution in [1.82, 2.24) is 9.21 Å². The predicted octanol–water partition coefficient (Wildman–Crippen LogP) is 2.05. The lowest BCUT2D eigenvalue weighted by atomic mass is 10.0. The van der Waals surface area contributed by atoms with Crippen LogP contribution in [0.25, 0.3) is 0 Å². The van der Waals surface area contributed by atoms with Crippen molar-refractivity contribution in [2.24, 2.45) is 5.92 Å². The van der Waals surface area contributed by atoms with Gasteiger partial charge in [0, 0.05) is 45.8 Å². The standard InChI is InChI=1S/C15H21ClN2O4S2/c16-13-2-4-15(23-13)24(20,21)18-8-6-17(7-9-18)14(19)3-1-12-5-10-22-11-12/h2,4,12H,1,3,5-11H2. The van der Waals surface area contributed by atoms with Crippen molar-refractivity contribution in [3.05, 3.63) is 16.5 Å². The van der Waals surface area contributed by atoms with Gasteiger partial charge in [0.05, 0.1) is 4.34 Å². The van der Waals surface area contributed by atoms with Gasteiger partial charge in [0.1, 0.15) is 4.21 Å². The molecule has 24 heavy (non-hydrogen) atoms. The van der Waals surface area contributed by atoms with Crippen LogP contribution in [-0.2, 0) is 19.6 Å². The van der Waals surface area contributed by atoms with Crippen LogP contribution in [0.3, 0.4) is 0 Å². The zero-order valence-electron chi connectivity index (χ0n) is 13.3. The van der Waals surface area contributed by atoms with Crippen molar-refractivity contribution in [3.8, 4) is 0 Å². The summed E-state index contributed by atoms with van der Waals surface area (Å²) in [6, 6.07) is 3.12. The molecule has 2 aliphatic heterocycles. The molecule has 1 atom stereocenters. The first-order chi connectivity index (χ1) is 11.5. The third kappa shape index (κ3) is 4.11. The Morgan fingerprint density at radius 2 is 2.04 bits per heavy atom. The summed E-state index contributed by atoms with van der Waals surface area (Å²) < 4.78 is 32.5. The first-order valence-electron chi connectivity index (χ1n) is 8.08. The highest BCUT2D eigenvalue weighted by atomic mass is 35.5. The molecule has 1 aromatic heterocycles. The van der Waals surface area contributed by atoms with E-state index in [0.717, 1.165) is 37.4 Å². The van der Waals surface area contributed by atoms with Crippen LogP contribution in [0.2, 0.25) is 4.34 Å². The summed E-state index contributed by atoms with van der Waals surface area (Å²) >= 11 is 6.89. The minimum absolute atomic E-state index is 0.109. The van der Waals surface area contributed by atoms with Crippen molar-refractivity contribution in [2.45, 2.75) is 23.5 Å². The molecule has 1 aromatic rings. The zero-order chi connectivity index (χ0) is 17.2. The van der Waals surface area contributed by atoms with Crippen molar-refractivity contribution < 1.29 is 17.9 Å². The molecule has 1 unspecified atom stereocenters. The van der Waals surface area contributed by atoms with Crippen LogP contribution in [0.5, 0.6) is 0 Å².